The van der Waals surface area contributed by atoms with E-state index >= 15 is 0 Å². The van der Waals surface area contributed by atoms with Gasteiger partial charge in [-0.25, -0.2) is 0 Å². The zero-order valence-electron chi connectivity index (χ0n) is 13.5. The zero-order valence-corrected chi connectivity index (χ0v) is 13.5. The first-order valence-electron chi connectivity index (χ1n) is 8.81. The fraction of sp³-hybridized carbons (Fsp3) is 0.632. The molecule has 1 saturated carbocycles. The van der Waals surface area contributed by atoms with Gasteiger partial charge >= 0.3 is 0 Å². The highest BCUT2D eigenvalue weighted by Crippen LogP contribution is 2.44. The highest BCUT2D eigenvalue weighted by atomic mass is 16.5. The minimum atomic E-state index is -0.643. The first kappa shape index (κ1) is 15.2. The molecule has 0 bridgehead atoms. The number of nitrogens with zero attached hydrogens (tertiary/aromatic N) is 1. The van der Waals surface area contributed by atoms with Crippen LogP contribution in [-0.2, 0) is 9.53 Å². The van der Waals surface area contributed by atoms with E-state index in [9.17, 15) is 9.90 Å². The number of ether oxygens (including phenoxy) is 1. The van der Waals surface area contributed by atoms with E-state index in [1.807, 2.05) is 23.1 Å². The first-order valence-corrected chi connectivity index (χ1v) is 8.81. The highest BCUT2D eigenvalue weighted by molar-refractivity contribution is 5.80. The lowest BCUT2D eigenvalue weighted by molar-refractivity contribution is -0.144. The van der Waals surface area contributed by atoms with Crippen molar-refractivity contribution in [2.75, 3.05) is 26.3 Å². The van der Waals surface area contributed by atoms with E-state index in [1.165, 1.54) is 5.56 Å². The first-order chi connectivity index (χ1) is 11.2. The Labute approximate surface area is 137 Å². The van der Waals surface area contributed by atoms with Gasteiger partial charge < -0.3 is 14.7 Å². The van der Waals surface area contributed by atoms with Crippen molar-refractivity contribution in [3.8, 4) is 0 Å². The van der Waals surface area contributed by atoms with Gasteiger partial charge in [0.1, 0.15) is 0 Å². The number of hydrogen-bond donors (Lipinski definition) is 1. The van der Waals surface area contributed by atoms with Gasteiger partial charge in [-0.1, -0.05) is 30.3 Å². The molecule has 3 fully saturated rings. The van der Waals surface area contributed by atoms with Crippen LogP contribution in [0.25, 0.3) is 0 Å². The predicted molar refractivity (Wildman–Crippen MR) is 87.0 cm³/mol. The van der Waals surface area contributed by atoms with Crippen molar-refractivity contribution in [2.45, 2.75) is 37.2 Å². The monoisotopic (exact) mass is 315 g/mol. The van der Waals surface area contributed by atoms with Gasteiger partial charge in [0.05, 0.1) is 24.7 Å². The summed E-state index contributed by atoms with van der Waals surface area (Å²) in [4.78, 5) is 14.9. The van der Waals surface area contributed by atoms with E-state index in [1.54, 1.807) is 0 Å². The molecule has 2 aliphatic heterocycles. The highest BCUT2D eigenvalue weighted by Gasteiger charge is 2.48. The Hall–Kier alpha value is -1.39. The molecule has 0 aromatic heterocycles. The summed E-state index contributed by atoms with van der Waals surface area (Å²) in [6, 6.07) is 10.2. The molecule has 3 aliphatic rings. The molecule has 3 unspecified atom stereocenters. The van der Waals surface area contributed by atoms with Crippen LogP contribution < -0.4 is 0 Å². The Morgan fingerprint density at radius 3 is 2.74 bits per heavy atom. The van der Waals surface area contributed by atoms with Gasteiger partial charge in [-0.15, -0.1) is 0 Å². The van der Waals surface area contributed by atoms with Crippen LogP contribution >= 0.6 is 0 Å². The van der Waals surface area contributed by atoms with Gasteiger partial charge in [0.2, 0.25) is 5.91 Å². The second kappa shape index (κ2) is 5.91. The van der Waals surface area contributed by atoms with Crippen LogP contribution in [0.15, 0.2) is 30.3 Å². The Bertz CT molecular complexity index is 571. The van der Waals surface area contributed by atoms with Crippen molar-refractivity contribution in [1.29, 1.82) is 0 Å². The molecule has 4 rings (SSSR count). The lowest BCUT2D eigenvalue weighted by Gasteiger charge is -2.41. The lowest BCUT2D eigenvalue weighted by Crippen LogP contribution is -2.53. The second-order valence-corrected chi connectivity index (χ2v) is 7.40. The topological polar surface area (TPSA) is 49.8 Å². The minimum absolute atomic E-state index is 0.112. The van der Waals surface area contributed by atoms with Crippen LogP contribution in [0.1, 0.15) is 37.2 Å². The molecule has 2 saturated heterocycles. The number of piperidine rings is 1. The van der Waals surface area contributed by atoms with Crippen molar-refractivity contribution in [3.63, 3.8) is 0 Å². The summed E-state index contributed by atoms with van der Waals surface area (Å²) in [6.45, 7) is 2.39. The zero-order chi connectivity index (χ0) is 15.9. The number of amides is 1. The number of benzene rings is 1. The Kier molecular flexibility index (Phi) is 3.90. The summed E-state index contributed by atoms with van der Waals surface area (Å²) in [5, 5.41) is 10.8. The number of β-amino-alcohol motifs (C(OH)–C–C–N with tert-alkyl or cyclic N) is 1. The van der Waals surface area contributed by atoms with E-state index in [4.69, 9.17) is 4.74 Å². The van der Waals surface area contributed by atoms with Crippen LogP contribution in [0, 0.1) is 11.8 Å². The number of hydrogen-bond acceptors (Lipinski definition) is 3. The van der Waals surface area contributed by atoms with Crippen molar-refractivity contribution in [2.24, 2.45) is 11.8 Å². The fourth-order valence-corrected chi connectivity index (χ4v) is 4.27. The molecule has 4 nitrogen and oxygen atoms in total. The van der Waals surface area contributed by atoms with Gasteiger partial charge in [-0.2, -0.15) is 0 Å². The van der Waals surface area contributed by atoms with Gasteiger partial charge in [0.15, 0.2) is 0 Å². The molecule has 1 N–H and O–H groups in total. The molecule has 1 aromatic carbocycles. The number of likely N-dealkylation sites (tertiary alicyclic amines) is 1. The molecule has 23 heavy (non-hydrogen) atoms. The van der Waals surface area contributed by atoms with E-state index < -0.39 is 5.60 Å². The van der Waals surface area contributed by atoms with Crippen LogP contribution in [0.3, 0.4) is 0 Å². The average molecular weight is 315 g/mol. The molecule has 0 radical (unpaired) electrons. The Balaban J connectivity index is 1.49. The smallest absolute Gasteiger partial charge is 0.228 e. The maximum Gasteiger partial charge on any atom is 0.228 e. The van der Waals surface area contributed by atoms with E-state index in [2.05, 4.69) is 12.1 Å². The Morgan fingerprint density at radius 1 is 1.22 bits per heavy atom. The van der Waals surface area contributed by atoms with Gasteiger partial charge in [0.25, 0.3) is 0 Å². The summed E-state index contributed by atoms with van der Waals surface area (Å²) < 4.78 is 5.64. The SMILES string of the molecule is O=C(C1COCC1c1ccccc1)N1CCCC(O)(C2CC2)C1. The van der Waals surface area contributed by atoms with Gasteiger partial charge in [-0.05, 0) is 37.2 Å². The van der Waals surface area contributed by atoms with E-state index in [0.717, 1.165) is 32.2 Å². The lowest BCUT2D eigenvalue weighted by atomic mass is 9.84. The molecule has 124 valence electrons. The third-order valence-electron chi connectivity index (χ3n) is 5.78. The molecule has 4 heteroatoms. The summed E-state index contributed by atoms with van der Waals surface area (Å²) in [6.07, 6.45) is 3.96. The van der Waals surface area contributed by atoms with Crippen molar-refractivity contribution >= 4 is 5.91 Å². The average Bonchev–Trinajstić information content (AvgIpc) is 3.34. The number of carbonyl (C=O) groups excluding carboxylic acids is 1. The molecule has 1 amide bonds. The van der Waals surface area contributed by atoms with Crippen molar-refractivity contribution < 1.29 is 14.6 Å². The predicted octanol–water partition coefficient (Wildman–Crippen LogP) is 2.18. The molecular formula is C19H25NO3. The fourth-order valence-electron chi connectivity index (χ4n) is 4.27. The number of aliphatic hydroxyl groups is 1. The van der Waals surface area contributed by atoms with Crippen LogP contribution in [0.4, 0.5) is 0 Å². The van der Waals surface area contributed by atoms with Crippen molar-refractivity contribution in [3.05, 3.63) is 35.9 Å². The molecule has 0 spiro atoms. The number of carbonyl (C=O) groups is 1. The third kappa shape index (κ3) is 2.90. The summed E-state index contributed by atoms with van der Waals surface area (Å²) in [7, 11) is 0. The van der Waals surface area contributed by atoms with Crippen LogP contribution in [0.2, 0.25) is 0 Å². The molecular weight excluding hydrogens is 290 g/mol. The van der Waals surface area contributed by atoms with E-state index in [0.29, 0.717) is 25.7 Å². The molecule has 1 aromatic rings. The third-order valence-corrected chi connectivity index (χ3v) is 5.78. The van der Waals surface area contributed by atoms with Gasteiger partial charge in [-0.3, -0.25) is 4.79 Å². The minimum Gasteiger partial charge on any atom is -0.388 e. The quantitative estimate of drug-likeness (QED) is 0.930. The summed E-state index contributed by atoms with van der Waals surface area (Å²) in [5.74, 6) is 0.594. The van der Waals surface area contributed by atoms with Crippen LogP contribution in [0.5, 0.6) is 0 Å². The Morgan fingerprint density at radius 2 is 2.00 bits per heavy atom. The second-order valence-electron chi connectivity index (χ2n) is 7.40. The molecule has 3 atom stereocenters. The largest absolute Gasteiger partial charge is 0.388 e. The molecule has 2 heterocycles. The molecule has 1 aliphatic carbocycles. The van der Waals surface area contributed by atoms with Crippen LogP contribution in [-0.4, -0.2) is 47.8 Å². The van der Waals surface area contributed by atoms with Crippen molar-refractivity contribution in [1.82, 2.24) is 4.90 Å². The van der Waals surface area contributed by atoms with Gasteiger partial charge in [0, 0.05) is 19.0 Å². The summed E-state index contributed by atoms with van der Waals surface area (Å²) in [5.41, 5.74) is 0.535. The maximum atomic E-state index is 13.0. The maximum absolute atomic E-state index is 13.0. The summed E-state index contributed by atoms with van der Waals surface area (Å²) >= 11 is 0. The standard InChI is InChI=1S/C19H25NO3/c21-18(20-10-4-9-19(22,13-20)15-7-8-15)17-12-23-11-16(17)14-5-2-1-3-6-14/h1-3,5-6,15-17,22H,4,7-13H2. The number of rotatable bonds is 3. The normalized spacial score (nSPS) is 34.6. The van der Waals surface area contributed by atoms with E-state index in [-0.39, 0.29) is 17.7 Å².